The summed E-state index contributed by atoms with van der Waals surface area (Å²) in [5.41, 5.74) is 0.454. The first-order valence-electron chi connectivity index (χ1n) is 8.33. The normalized spacial score (nSPS) is 24.1. The first-order valence-corrected chi connectivity index (χ1v) is 8.33. The molecule has 7 heteroatoms. The van der Waals surface area contributed by atoms with Crippen molar-refractivity contribution in [2.24, 2.45) is 0 Å². The third-order valence-corrected chi connectivity index (χ3v) is 4.99. The number of imide groups is 1. The Labute approximate surface area is 139 Å². The van der Waals surface area contributed by atoms with Crippen molar-refractivity contribution in [1.82, 2.24) is 20.4 Å². The molecule has 4 rings (SSSR count). The zero-order valence-corrected chi connectivity index (χ0v) is 13.3. The molecule has 2 aliphatic rings. The average molecular weight is 328 g/mol. The molecule has 1 atom stereocenters. The Bertz CT molecular complexity index is 807. The number of aromatic nitrogens is 2. The molecule has 7 nitrogen and oxygen atoms in total. The molecule has 1 aromatic carbocycles. The quantitative estimate of drug-likeness (QED) is 0.701. The van der Waals surface area contributed by atoms with Gasteiger partial charge in [0.2, 0.25) is 5.91 Å². The van der Waals surface area contributed by atoms with Gasteiger partial charge in [-0.05, 0) is 38.4 Å². The number of hydrogen-bond acceptors (Lipinski definition) is 5. The number of carbonyl (C=O) groups is 2. The van der Waals surface area contributed by atoms with Crippen LogP contribution in [-0.4, -0.2) is 39.8 Å². The zero-order chi connectivity index (χ0) is 16.7. The lowest BCUT2D eigenvalue weighted by Crippen LogP contribution is -2.42. The highest BCUT2D eigenvalue weighted by Crippen LogP contribution is 2.36. The fourth-order valence-corrected chi connectivity index (χ4v) is 3.66. The van der Waals surface area contributed by atoms with Gasteiger partial charge in [-0.3, -0.25) is 19.6 Å². The highest BCUT2D eigenvalue weighted by molar-refractivity contribution is 6.00. The summed E-state index contributed by atoms with van der Waals surface area (Å²) >= 11 is 0. The molecule has 2 aromatic rings. The highest BCUT2D eigenvalue weighted by atomic mass is 16.3. The Balaban J connectivity index is 1.82. The molecule has 1 unspecified atom stereocenters. The van der Waals surface area contributed by atoms with E-state index in [4.69, 9.17) is 0 Å². The second kappa shape index (κ2) is 5.68. The summed E-state index contributed by atoms with van der Waals surface area (Å²) in [5, 5.41) is 22.2. The lowest BCUT2D eigenvalue weighted by molar-refractivity contribution is -0.135. The van der Waals surface area contributed by atoms with Crippen LogP contribution in [0.3, 0.4) is 0 Å². The number of benzene rings is 1. The standard InChI is InChI=1S/C17H20N4O3/c22-14-6-5-13(16(23)19-14)21-12-4-2-1-3-11(12)15(20-21)17(24)7-9-18-10-8-17/h1-4,13,18,24H,5-10H2,(H,19,22,23). The van der Waals surface area contributed by atoms with Crippen molar-refractivity contribution >= 4 is 22.7 Å². The number of para-hydroxylation sites is 1. The number of carbonyl (C=O) groups excluding carboxylic acids is 2. The monoisotopic (exact) mass is 328 g/mol. The molecule has 0 saturated carbocycles. The van der Waals surface area contributed by atoms with Gasteiger partial charge in [0.05, 0.1) is 5.52 Å². The van der Waals surface area contributed by atoms with Crippen molar-refractivity contribution in [3.05, 3.63) is 30.0 Å². The van der Waals surface area contributed by atoms with Crippen molar-refractivity contribution in [3.8, 4) is 0 Å². The number of nitrogens with zero attached hydrogens (tertiary/aromatic N) is 2. The van der Waals surface area contributed by atoms with Gasteiger partial charge in [-0.1, -0.05) is 18.2 Å². The molecule has 3 heterocycles. The van der Waals surface area contributed by atoms with Gasteiger partial charge in [-0.2, -0.15) is 5.10 Å². The Hall–Kier alpha value is -2.25. The van der Waals surface area contributed by atoms with E-state index in [-0.39, 0.29) is 11.8 Å². The van der Waals surface area contributed by atoms with Gasteiger partial charge in [0.15, 0.2) is 0 Å². The third-order valence-electron chi connectivity index (χ3n) is 4.99. The molecular weight excluding hydrogens is 308 g/mol. The molecule has 2 aliphatic heterocycles. The van der Waals surface area contributed by atoms with Crippen LogP contribution in [0.25, 0.3) is 10.9 Å². The van der Waals surface area contributed by atoms with Gasteiger partial charge in [-0.25, -0.2) is 0 Å². The zero-order valence-electron chi connectivity index (χ0n) is 13.3. The van der Waals surface area contributed by atoms with Gasteiger partial charge in [-0.15, -0.1) is 0 Å². The van der Waals surface area contributed by atoms with Crippen LogP contribution in [-0.2, 0) is 15.2 Å². The molecule has 24 heavy (non-hydrogen) atoms. The minimum Gasteiger partial charge on any atom is -0.383 e. The number of aliphatic hydroxyl groups is 1. The van der Waals surface area contributed by atoms with Gasteiger partial charge < -0.3 is 10.4 Å². The topological polar surface area (TPSA) is 96.2 Å². The minimum absolute atomic E-state index is 0.245. The van der Waals surface area contributed by atoms with Crippen LogP contribution < -0.4 is 10.6 Å². The predicted octanol–water partition coefficient (Wildman–Crippen LogP) is 0.585. The SMILES string of the molecule is O=C1CCC(n2nc(C3(O)CCNCC3)c3ccccc32)C(=O)N1. The third kappa shape index (κ3) is 2.40. The van der Waals surface area contributed by atoms with E-state index in [0.717, 1.165) is 24.0 Å². The van der Waals surface area contributed by atoms with E-state index in [1.165, 1.54) is 0 Å². The van der Waals surface area contributed by atoms with Gasteiger partial charge in [0.1, 0.15) is 17.3 Å². The maximum atomic E-state index is 12.2. The summed E-state index contributed by atoms with van der Waals surface area (Å²) in [4.78, 5) is 23.7. The van der Waals surface area contributed by atoms with Gasteiger partial charge >= 0.3 is 0 Å². The van der Waals surface area contributed by atoms with Crippen molar-refractivity contribution in [2.75, 3.05) is 13.1 Å². The average Bonchev–Trinajstić information content (AvgIpc) is 2.96. The number of amides is 2. The van der Waals surface area contributed by atoms with E-state index < -0.39 is 11.6 Å². The van der Waals surface area contributed by atoms with E-state index in [2.05, 4.69) is 15.7 Å². The fraction of sp³-hybridized carbons (Fsp3) is 0.471. The second-order valence-corrected chi connectivity index (χ2v) is 6.56. The minimum atomic E-state index is -0.989. The number of nitrogens with one attached hydrogen (secondary N) is 2. The van der Waals surface area contributed by atoms with Crippen molar-refractivity contribution in [3.63, 3.8) is 0 Å². The van der Waals surface area contributed by atoms with Crippen LogP contribution in [0.5, 0.6) is 0 Å². The molecule has 2 fully saturated rings. The summed E-state index contributed by atoms with van der Waals surface area (Å²) in [6.07, 6.45) is 1.90. The number of hydrogen-bond donors (Lipinski definition) is 3. The fourth-order valence-electron chi connectivity index (χ4n) is 3.66. The van der Waals surface area contributed by atoms with E-state index in [1.54, 1.807) is 4.68 Å². The molecule has 3 N–H and O–H groups in total. The van der Waals surface area contributed by atoms with E-state index in [9.17, 15) is 14.7 Å². The molecule has 0 radical (unpaired) electrons. The molecule has 0 aliphatic carbocycles. The van der Waals surface area contributed by atoms with Crippen LogP contribution in [0.2, 0.25) is 0 Å². The van der Waals surface area contributed by atoms with Crippen molar-refractivity contribution in [2.45, 2.75) is 37.3 Å². The molecular formula is C17H20N4O3. The summed E-state index contributed by atoms with van der Waals surface area (Å²) in [7, 11) is 0. The molecule has 1 aromatic heterocycles. The molecule has 0 bridgehead atoms. The first kappa shape index (κ1) is 15.3. The lowest BCUT2D eigenvalue weighted by Gasteiger charge is -2.31. The van der Waals surface area contributed by atoms with Gasteiger partial charge in [0.25, 0.3) is 5.91 Å². The van der Waals surface area contributed by atoms with E-state index in [0.29, 0.717) is 31.4 Å². The largest absolute Gasteiger partial charge is 0.383 e. The molecule has 0 spiro atoms. The maximum absolute atomic E-state index is 12.2. The summed E-state index contributed by atoms with van der Waals surface area (Å²) in [6.45, 7) is 1.46. The Morgan fingerprint density at radius 2 is 1.96 bits per heavy atom. The van der Waals surface area contributed by atoms with Crippen LogP contribution in [0.15, 0.2) is 24.3 Å². The van der Waals surface area contributed by atoms with Crippen molar-refractivity contribution < 1.29 is 14.7 Å². The summed E-state index contributed by atoms with van der Waals surface area (Å²) in [6, 6.07) is 7.11. The van der Waals surface area contributed by atoms with Crippen LogP contribution >= 0.6 is 0 Å². The molecule has 126 valence electrons. The molecule has 2 amide bonds. The van der Waals surface area contributed by atoms with Crippen LogP contribution in [0.4, 0.5) is 0 Å². The van der Waals surface area contributed by atoms with Crippen molar-refractivity contribution in [1.29, 1.82) is 0 Å². The van der Waals surface area contributed by atoms with Crippen LogP contribution in [0, 0.1) is 0 Å². The smallest absolute Gasteiger partial charge is 0.251 e. The Morgan fingerprint density at radius 1 is 1.21 bits per heavy atom. The van der Waals surface area contributed by atoms with E-state index >= 15 is 0 Å². The number of rotatable bonds is 2. The van der Waals surface area contributed by atoms with E-state index in [1.807, 2.05) is 24.3 Å². The lowest BCUT2D eigenvalue weighted by atomic mass is 9.87. The first-order chi connectivity index (χ1) is 11.6. The Morgan fingerprint density at radius 3 is 2.71 bits per heavy atom. The summed E-state index contributed by atoms with van der Waals surface area (Å²) in [5.74, 6) is -0.576. The summed E-state index contributed by atoms with van der Waals surface area (Å²) < 4.78 is 1.67. The number of piperidine rings is 2. The van der Waals surface area contributed by atoms with Crippen LogP contribution in [0.1, 0.15) is 37.4 Å². The number of fused-ring (bicyclic) bond motifs is 1. The Kier molecular flexibility index (Phi) is 3.62. The second-order valence-electron chi connectivity index (χ2n) is 6.56. The highest BCUT2D eigenvalue weighted by Gasteiger charge is 2.38. The maximum Gasteiger partial charge on any atom is 0.251 e. The predicted molar refractivity (Wildman–Crippen MR) is 87.2 cm³/mol. The van der Waals surface area contributed by atoms with Gasteiger partial charge in [0, 0.05) is 11.8 Å². The molecule has 2 saturated heterocycles.